The second-order valence-corrected chi connectivity index (χ2v) is 5.55. The molecule has 1 rings (SSSR count). The lowest BCUT2D eigenvalue weighted by molar-refractivity contribution is 0.568. The first-order valence-corrected chi connectivity index (χ1v) is 7.37. The van der Waals surface area contributed by atoms with Crippen LogP contribution in [0.1, 0.15) is 45.4 Å². The van der Waals surface area contributed by atoms with Gasteiger partial charge in [-0.2, -0.15) is 11.8 Å². The molecule has 2 heteroatoms. The van der Waals surface area contributed by atoms with Gasteiger partial charge in [0.05, 0.1) is 0 Å². The minimum absolute atomic E-state index is 0.984. The van der Waals surface area contributed by atoms with Gasteiger partial charge in [-0.15, -0.1) is 0 Å². The fourth-order valence-corrected chi connectivity index (χ4v) is 3.06. The lowest BCUT2D eigenvalue weighted by Gasteiger charge is -2.07. The van der Waals surface area contributed by atoms with Crippen molar-refractivity contribution in [1.29, 1.82) is 0 Å². The van der Waals surface area contributed by atoms with E-state index in [1.54, 1.807) is 0 Å². The van der Waals surface area contributed by atoms with E-state index in [-0.39, 0.29) is 0 Å². The summed E-state index contributed by atoms with van der Waals surface area (Å²) in [5.74, 6) is 3.76. The van der Waals surface area contributed by atoms with Crippen molar-refractivity contribution < 1.29 is 0 Å². The molecule has 1 fully saturated rings. The molecule has 0 aromatic heterocycles. The van der Waals surface area contributed by atoms with Gasteiger partial charge in [0.1, 0.15) is 0 Å². The molecule has 1 aliphatic heterocycles. The summed E-state index contributed by atoms with van der Waals surface area (Å²) in [6.07, 6.45) is 8.50. The van der Waals surface area contributed by atoms with Gasteiger partial charge in [0.25, 0.3) is 0 Å². The minimum Gasteiger partial charge on any atom is -0.316 e. The first-order valence-electron chi connectivity index (χ1n) is 6.22. The van der Waals surface area contributed by atoms with Crippen LogP contribution in [-0.4, -0.2) is 24.6 Å². The molecule has 1 saturated heterocycles. The first kappa shape index (κ1) is 12.4. The molecule has 1 aliphatic rings. The predicted octanol–water partition coefficient (Wildman–Crippen LogP) is 3.30. The van der Waals surface area contributed by atoms with E-state index in [1.807, 2.05) is 0 Å². The van der Waals surface area contributed by atoms with Crippen molar-refractivity contribution >= 4 is 11.8 Å². The maximum atomic E-state index is 3.43. The zero-order chi connectivity index (χ0) is 10.1. The number of thioether (sulfide) groups is 1. The third-order valence-electron chi connectivity index (χ3n) is 2.98. The van der Waals surface area contributed by atoms with Crippen LogP contribution in [0.2, 0.25) is 0 Å². The average molecular weight is 215 g/mol. The van der Waals surface area contributed by atoms with E-state index in [0.717, 1.165) is 5.92 Å². The Morgan fingerprint density at radius 3 is 2.86 bits per heavy atom. The highest BCUT2D eigenvalue weighted by atomic mass is 32.2. The predicted molar refractivity (Wildman–Crippen MR) is 67.1 cm³/mol. The summed E-state index contributed by atoms with van der Waals surface area (Å²) in [7, 11) is 0. The van der Waals surface area contributed by atoms with Crippen LogP contribution in [0.25, 0.3) is 0 Å². The van der Waals surface area contributed by atoms with Crippen molar-refractivity contribution in [2.45, 2.75) is 45.4 Å². The van der Waals surface area contributed by atoms with E-state index in [2.05, 4.69) is 24.0 Å². The third kappa shape index (κ3) is 5.92. The van der Waals surface area contributed by atoms with Crippen molar-refractivity contribution in [3.05, 3.63) is 0 Å². The van der Waals surface area contributed by atoms with Crippen molar-refractivity contribution in [1.82, 2.24) is 5.32 Å². The van der Waals surface area contributed by atoms with Crippen LogP contribution in [0.4, 0.5) is 0 Å². The minimum atomic E-state index is 0.984. The molecule has 0 spiro atoms. The molecule has 0 saturated carbocycles. The number of hydrogen-bond acceptors (Lipinski definition) is 2. The molecule has 1 heterocycles. The Morgan fingerprint density at radius 1 is 1.21 bits per heavy atom. The van der Waals surface area contributed by atoms with Gasteiger partial charge < -0.3 is 5.32 Å². The fraction of sp³-hybridized carbons (Fsp3) is 1.00. The SMILES string of the molecule is CCCCCCSCC[C@@H]1CCNC1. The maximum absolute atomic E-state index is 3.43. The summed E-state index contributed by atoms with van der Waals surface area (Å²) in [4.78, 5) is 0. The van der Waals surface area contributed by atoms with E-state index in [4.69, 9.17) is 0 Å². The molecule has 0 radical (unpaired) electrons. The first-order chi connectivity index (χ1) is 6.93. The number of rotatable bonds is 8. The summed E-state index contributed by atoms with van der Waals surface area (Å²) in [6.45, 7) is 4.81. The zero-order valence-corrected chi connectivity index (χ0v) is 10.4. The van der Waals surface area contributed by atoms with E-state index >= 15 is 0 Å². The lowest BCUT2D eigenvalue weighted by atomic mass is 10.1. The standard InChI is InChI=1S/C12H25NS/c1-2-3-4-5-9-14-10-7-12-6-8-13-11-12/h12-13H,2-11H2,1H3/t12-/m0/s1. The molecule has 0 aromatic carbocycles. The Bertz CT molecular complexity index is 121. The van der Waals surface area contributed by atoms with Gasteiger partial charge in [0.15, 0.2) is 0 Å². The van der Waals surface area contributed by atoms with Gasteiger partial charge in [0, 0.05) is 0 Å². The quantitative estimate of drug-likeness (QED) is 0.624. The van der Waals surface area contributed by atoms with Crippen LogP contribution >= 0.6 is 11.8 Å². The summed E-state index contributed by atoms with van der Waals surface area (Å²) in [5, 5.41) is 3.43. The highest BCUT2D eigenvalue weighted by Crippen LogP contribution is 2.16. The third-order valence-corrected chi connectivity index (χ3v) is 4.08. The van der Waals surface area contributed by atoms with E-state index in [9.17, 15) is 0 Å². The lowest BCUT2D eigenvalue weighted by Crippen LogP contribution is -2.09. The van der Waals surface area contributed by atoms with Gasteiger partial charge in [0.2, 0.25) is 0 Å². The normalized spacial score (nSPS) is 21.6. The highest BCUT2D eigenvalue weighted by Gasteiger charge is 2.13. The Morgan fingerprint density at radius 2 is 2.14 bits per heavy atom. The van der Waals surface area contributed by atoms with Gasteiger partial charge in [-0.3, -0.25) is 0 Å². The Balaban J connectivity index is 1.75. The van der Waals surface area contributed by atoms with Crippen molar-refractivity contribution in [2.75, 3.05) is 24.6 Å². The van der Waals surface area contributed by atoms with Crippen LogP contribution in [0, 0.1) is 5.92 Å². The molecule has 1 N–H and O–H groups in total. The summed E-state index contributed by atoms with van der Waals surface area (Å²) in [5.41, 5.74) is 0. The van der Waals surface area contributed by atoms with Gasteiger partial charge in [-0.1, -0.05) is 26.2 Å². The molecule has 1 nitrogen and oxygen atoms in total. The van der Waals surface area contributed by atoms with Gasteiger partial charge in [-0.05, 0) is 49.8 Å². The molecule has 0 amide bonds. The van der Waals surface area contributed by atoms with Crippen LogP contribution in [0.15, 0.2) is 0 Å². The van der Waals surface area contributed by atoms with Crippen LogP contribution in [-0.2, 0) is 0 Å². The maximum Gasteiger partial charge on any atom is -0.00197 e. The molecule has 0 bridgehead atoms. The van der Waals surface area contributed by atoms with Crippen LogP contribution < -0.4 is 5.32 Å². The summed E-state index contributed by atoms with van der Waals surface area (Å²) in [6, 6.07) is 0. The molecule has 84 valence electrons. The van der Waals surface area contributed by atoms with Gasteiger partial charge in [-0.25, -0.2) is 0 Å². The van der Waals surface area contributed by atoms with Gasteiger partial charge >= 0.3 is 0 Å². The smallest absolute Gasteiger partial charge is 0.00197 e. The molecule has 14 heavy (non-hydrogen) atoms. The second-order valence-electron chi connectivity index (χ2n) is 4.32. The summed E-state index contributed by atoms with van der Waals surface area (Å²) < 4.78 is 0. The zero-order valence-electron chi connectivity index (χ0n) is 9.56. The summed E-state index contributed by atoms with van der Waals surface area (Å²) >= 11 is 2.16. The second kappa shape index (κ2) is 8.60. The highest BCUT2D eigenvalue weighted by molar-refractivity contribution is 7.99. The van der Waals surface area contributed by atoms with Crippen LogP contribution in [0.5, 0.6) is 0 Å². The largest absolute Gasteiger partial charge is 0.316 e. The monoisotopic (exact) mass is 215 g/mol. The molecular formula is C12H25NS. The Labute approximate surface area is 93.4 Å². The van der Waals surface area contributed by atoms with E-state index < -0.39 is 0 Å². The number of hydrogen-bond donors (Lipinski definition) is 1. The fourth-order valence-electron chi connectivity index (χ4n) is 1.94. The van der Waals surface area contributed by atoms with Crippen molar-refractivity contribution in [3.8, 4) is 0 Å². The Hall–Kier alpha value is 0.310. The molecule has 1 atom stereocenters. The van der Waals surface area contributed by atoms with Crippen molar-refractivity contribution in [3.63, 3.8) is 0 Å². The molecular weight excluding hydrogens is 190 g/mol. The average Bonchev–Trinajstić information content (AvgIpc) is 2.69. The van der Waals surface area contributed by atoms with Crippen molar-refractivity contribution in [2.24, 2.45) is 5.92 Å². The van der Waals surface area contributed by atoms with Crippen LogP contribution in [0.3, 0.4) is 0 Å². The molecule has 0 unspecified atom stereocenters. The number of nitrogens with one attached hydrogen (secondary N) is 1. The Kier molecular flexibility index (Phi) is 7.61. The molecule has 0 aromatic rings. The number of unbranched alkanes of at least 4 members (excludes halogenated alkanes) is 3. The van der Waals surface area contributed by atoms with E-state index in [1.165, 1.54) is 63.1 Å². The topological polar surface area (TPSA) is 12.0 Å². The van der Waals surface area contributed by atoms with E-state index in [0.29, 0.717) is 0 Å². The molecule has 0 aliphatic carbocycles.